The van der Waals surface area contributed by atoms with Gasteiger partial charge in [0.2, 0.25) is 0 Å². The van der Waals surface area contributed by atoms with Gasteiger partial charge in [-0.15, -0.1) is 11.3 Å². The van der Waals surface area contributed by atoms with Gasteiger partial charge in [-0.25, -0.2) is 9.78 Å². The summed E-state index contributed by atoms with van der Waals surface area (Å²) in [5.74, 6) is -0.302. The van der Waals surface area contributed by atoms with E-state index in [-0.39, 0.29) is 5.97 Å². The molecule has 0 aliphatic heterocycles. The Morgan fingerprint density at radius 3 is 3.07 bits per heavy atom. The summed E-state index contributed by atoms with van der Waals surface area (Å²) in [5.41, 5.74) is 0. The molecule has 0 saturated carbocycles. The fraction of sp³-hybridized carbons (Fsp3) is 0.111. The van der Waals surface area contributed by atoms with Crippen molar-refractivity contribution >= 4 is 50.1 Å². The Hall–Kier alpha value is -0.690. The number of rotatable bonds is 1. The van der Waals surface area contributed by atoms with Crippen LogP contribution in [0.3, 0.4) is 0 Å². The number of thiophene rings is 1. The van der Waals surface area contributed by atoms with Gasteiger partial charge in [0.15, 0.2) is 0 Å². The van der Waals surface area contributed by atoms with Crippen LogP contribution in [0.4, 0.5) is 0 Å². The van der Waals surface area contributed by atoms with Crippen LogP contribution in [0.15, 0.2) is 18.3 Å². The number of hydrogen-bond donors (Lipinski definition) is 0. The minimum atomic E-state index is -0.302. The lowest BCUT2D eigenvalue weighted by Gasteiger charge is -1.90. The maximum absolute atomic E-state index is 11.3. The van der Waals surface area contributed by atoms with Crippen LogP contribution in [0.5, 0.6) is 0 Å². The first kappa shape index (κ1) is 9.85. The molecule has 0 fully saturated rings. The average molecular weight is 319 g/mol. The molecule has 2 heterocycles. The first-order chi connectivity index (χ1) is 6.72. The van der Waals surface area contributed by atoms with Crippen LogP contribution in [0, 0.1) is 3.57 Å². The van der Waals surface area contributed by atoms with Gasteiger partial charge in [-0.2, -0.15) is 0 Å². The van der Waals surface area contributed by atoms with Crippen molar-refractivity contribution in [3.63, 3.8) is 0 Å². The number of hydrogen-bond acceptors (Lipinski definition) is 4. The standard InChI is InChI=1S/C9H6INO2S/c1-13-9(12)7-4-5-6(10)2-3-11-8(5)14-7/h2-4H,1H3. The van der Waals surface area contributed by atoms with E-state index in [4.69, 9.17) is 0 Å². The zero-order valence-electron chi connectivity index (χ0n) is 7.28. The summed E-state index contributed by atoms with van der Waals surface area (Å²) in [6.07, 6.45) is 1.74. The highest BCUT2D eigenvalue weighted by atomic mass is 127. The van der Waals surface area contributed by atoms with Crippen molar-refractivity contribution in [2.24, 2.45) is 0 Å². The van der Waals surface area contributed by atoms with Gasteiger partial charge in [0.1, 0.15) is 9.71 Å². The third kappa shape index (κ3) is 1.61. The molecule has 3 nitrogen and oxygen atoms in total. The molecule has 0 spiro atoms. The topological polar surface area (TPSA) is 39.2 Å². The van der Waals surface area contributed by atoms with Gasteiger partial charge in [-0.1, -0.05) is 0 Å². The number of carbonyl (C=O) groups is 1. The van der Waals surface area contributed by atoms with Gasteiger partial charge in [-0.05, 0) is 34.7 Å². The zero-order chi connectivity index (χ0) is 10.1. The third-order valence-electron chi connectivity index (χ3n) is 1.77. The normalized spacial score (nSPS) is 10.4. The summed E-state index contributed by atoms with van der Waals surface area (Å²) in [5, 5.41) is 1.01. The van der Waals surface area contributed by atoms with Crippen LogP contribution in [0.1, 0.15) is 9.67 Å². The van der Waals surface area contributed by atoms with Gasteiger partial charge in [-0.3, -0.25) is 0 Å². The monoisotopic (exact) mass is 319 g/mol. The number of pyridine rings is 1. The van der Waals surface area contributed by atoms with Crippen LogP contribution in [0.25, 0.3) is 10.2 Å². The number of methoxy groups -OCH3 is 1. The van der Waals surface area contributed by atoms with E-state index in [0.717, 1.165) is 13.8 Å². The smallest absolute Gasteiger partial charge is 0.348 e. The van der Waals surface area contributed by atoms with Crippen LogP contribution in [0.2, 0.25) is 0 Å². The molecule has 0 amide bonds. The second-order valence-corrected chi connectivity index (χ2v) is 4.81. The molecule has 2 rings (SSSR count). The van der Waals surface area contributed by atoms with Gasteiger partial charge in [0.25, 0.3) is 0 Å². The molecule has 0 aliphatic carbocycles. The summed E-state index contributed by atoms with van der Waals surface area (Å²) >= 11 is 3.58. The highest BCUT2D eigenvalue weighted by molar-refractivity contribution is 14.1. The van der Waals surface area contributed by atoms with Crippen LogP contribution in [-0.2, 0) is 4.74 Å². The molecule has 2 aromatic heterocycles. The van der Waals surface area contributed by atoms with Crippen molar-refractivity contribution in [3.05, 3.63) is 26.8 Å². The first-order valence-electron chi connectivity index (χ1n) is 3.84. The molecule has 0 aliphatic rings. The summed E-state index contributed by atoms with van der Waals surface area (Å²) < 4.78 is 5.74. The molecule has 0 N–H and O–H groups in total. The molecule has 2 aromatic rings. The molecule has 0 bridgehead atoms. The zero-order valence-corrected chi connectivity index (χ0v) is 10.3. The minimum Gasteiger partial charge on any atom is -0.465 e. The number of fused-ring (bicyclic) bond motifs is 1. The molecule has 0 radical (unpaired) electrons. The largest absolute Gasteiger partial charge is 0.465 e. The van der Waals surface area contributed by atoms with E-state index in [9.17, 15) is 4.79 Å². The van der Waals surface area contributed by atoms with Crippen molar-refractivity contribution in [2.75, 3.05) is 7.11 Å². The summed E-state index contributed by atoms with van der Waals surface area (Å²) in [4.78, 5) is 16.9. The van der Waals surface area contributed by atoms with Crippen molar-refractivity contribution < 1.29 is 9.53 Å². The number of esters is 1. The van der Waals surface area contributed by atoms with E-state index in [2.05, 4.69) is 32.3 Å². The number of halogens is 1. The van der Waals surface area contributed by atoms with Gasteiger partial charge in [0, 0.05) is 15.2 Å². The lowest BCUT2D eigenvalue weighted by molar-refractivity contribution is 0.0606. The van der Waals surface area contributed by atoms with E-state index in [1.165, 1.54) is 18.4 Å². The van der Waals surface area contributed by atoms with Gasteiger partial charge < -0.3 is 4.74 Å². The maximum atomic E-state index is 11.3. The minimum absolute atomic E-state index is 0.302. The quantitative estimate of drug-likeness (QED) is 0.599. The number of nitrogens with zero attached hydrogens (tertiary/aromatic N) is 1. The van der Waals surface area contributed by atoms with Crippen molar-refractivity contribution in [1.82, 2.24) is 4.98 Å². The van der Waals surface area contributed by atoms with Crippen LogP contribution < -0.4 is 0 Å². The summed E-state index contributed by atoms with van der Waals surface area (Å²) in [6.45, 7) is 0. The first-order valence-corrected chi connectivity index (χ1v) is 5.74. The fourth-order valence-electron chi connectivity index (χ4n) is 1.11. The Kier molecular flexibility index (Phi) is 2.69. The SMILES string of the molecule is COC(=O)c1cc2c(I)ccnc2s1. The second kappa shape index (κ2) is 3.82. The summed E-state index contributed by atoms with van der Waals surface area (Å²) in [7, 11) is 1.38. The highest BCUT2D eigenvalue weighted by Gasteiger charge is 2.11. The van der Waals surface area contributed by atoms with Crippen molar-refractivity contribution in [3.8, 4) is 0 Å². The van der Waals surface area contributed by atoms with Gasteiger partial charge >= 0.3 is 5.97 Å². The Balaban J connectivity index is 2.62. The second-order valence-electron chi connectivity index (χ2n) is 2.61. The lowest BCUT2D eigenvalue weighted by atomic mass is 10.3. The third-order valence-corrected chi connectivity index (χ3v) is 3.73. The maximum Gasteiger partial charge on any atom is 0.348 e. The van der Waals surface area contributed by atoms with Crippen molar-refractivity contribution in [1.29, 1.82) is 0 Å². The molecule has 0 aromatic carbocycles. The Bertz CT molecular complexity index is 495. The number of carbonyl (C=O) groups excluding carboxylic acids is 1. The highest BCUT2D eigenvalue weighted by Crippen LogP contribution is 2.27. The Morgan fingerprint density at radius 1 is 1.64 bits per heavy atom. The molecule has 0 saturated heterocycles. The Morgan fingerprint density at radius 2 is 2.43 bits per heavy atom. The number of aromatic nitrogens is 1. The molecule has 14 heavy (non-hydrogen) atoms. The lowest BCUT2D eigenvalue weighted by Crippen LogP contribution is -1.96. The molecule has 5 heteroatoms. The van der Waals surface area contributed by atoms with Crippen LogP contribution in [-0.4, -0.2) is 18.1 Å². The molecular formula is C9H6INO2S. The van der Waals surface area contributed by atoms with E-state index < -0.39 is 0 Å². The van der Waals surface area contributed by atoms with E-state index in [1.54, 1.807) is 6.20 Å². The Labute approximate surface area is 98.2 Å². The summed E-state index contributed by atoms with van der Waals surface area (Å²) in [6, 6.07) is 3.73. The van der Waals surface area contributed by atoms with E-state index in [0.29, 0.717) is 4.88 Å². The van der Waals surface area contributed by atoms with E-state index in [1.807, 2.05) is 12.1 Å². The predicted molar refractivity (Wildman–Crippen MR) is 63.7 cm³/mol. The average Bonchev–Trinajstić information content (AvgIpc) is 2.62. The molecule has 0 atom stereocenters. The fourth-order valence-corrected chi connectivity index (χ4v) is 2.81. The molecule has 72 valence electrons. The molecule has 0 unspecified atom stereocenters. The predicted octanol–water partition coefficient (Wildman–Crippen LogP) is 2.69. The molecular weight excluding hydrogens is 313 g/mol. The van der Waals surface area contributed by atoms with Crippen molar-refractivity contribution in [2.45, 2.75) is 0 Å². The van der Waals surface area contributed by atoms with Gasteiger partial charge in [0.05, 0.1) is 7.11 Å². The van der Waals surface area contributed by atoms with Crippen LogP contribution >= 0.6 is 33.9 Å². The van der Waals surface area contributed by atoms with E-state index >= 15 is 0 Å². The number of ether oxygens (including phenoxy) is 1.